The summed E-state index contributed by atoms with van der Waals surface area (Å²) < 4.78 is 11.3. The SMILES string of the molecule is CC1(C)CCC(NC2CCS(=O)CC2)CC1. The third-order valence-corrected chi connectivity index (χ3v) is 5.58. The van der Waals surface area contributed by atoms with Gasteiger partial charge in [-0.15, -0.1) is 0 Å². The van der Waals surface area contributed by atoms with Crippen LogP contribution in [0.2, 0.25) is 0 Å². The van der Waals surface area contributed by atoms with E-state index in [4.69, 9.17) is 0 Å². The smallest absolute Gasteiger partial charge is 0.0249 e. The van der Waals surface area contributed by atoms with Crippen LogP contribution in [0.3, 0.4) is 0 Å². The van der Waals surface area contributed by atoms with Gasteiger partial charge in [0.05, 0.1) is 0 Å². The van der Waals surface area contributed by atoms with Crippen molar-refractivity contribution in [2.24, 2.45) is 5.41 Å². The predicted molar refractivity (Wildman–Crippen MR) is 70.1 cm³/mol. The van der Waals surface area contributed by atoms with E-state index >= 15 is 0 Å². The van der Waals surface area contributed by atoms with Gasteiger partial charge >= 0.3 is 0 Å². The Morgan fingerprint density at radius 1 is 1.00 bits per heavy atom. The molecule has 1 aliphatic carbocycles. The maximum absolute atomic E-state index is 11.3. The molecule has 2 fully saturated rings. The first-order chi connectivity index (χ1) is 7.55. The summed E-state index contributed by atoms with van der Waals surface area (Å²) in [6, 6.07) is 1.37. The van der Waals surface area contributed by atoms with Gasteiger partial charge in [0.2, 0.25) is 0 Å². The molecular formula is C13H25NOS. The van der Waals surface area contributed by atoms with Crippen molar-refractivity contribution in [3.05, 3.63) is 0 Å². The molecule has 0 aromatic heterocycles. The molecule has 0 bridgehead atoms. The van der Waals surface area contributed by atoms with Crippen LogP contribution in [0.4, 0.5) is 0 Å². The highest BCUT2D eigenvalue weighted by molar-refractivity contribution is 7.85. The third kappa shape index (κ3) is 3.56. The summed E-state index contributed by atoms with van der Waals surface area (Å²) >= 11 is 0. The molecule has 2 rings (SSSR count). The molecule has 0 atom stereocenters. The van der Waals surface area contributed by atoms with Gasteiger partial charge in [0, 0.05) is 34.4 Å². The molecule has 0 aromatic carbocycles. The first-order valence-corrected chi connectivity index (χ1v) is 8.15. The van der Waals surface area contributed by atoms with Crippen molar-refractivity contribution in [3.63, 3.8) is 0 Å². The molecule has 2 aliphatic rings. The lowest BCUT2D eigenvalue weighted by molar-refractivity contribution is 0.196. The van der Waals surface area contributed by atoms with E-state index in [2.05, 4.69) is 19.2 Å². The van der Waals surface area contributed by atoms with E-state index in [9.17, 15) is 4.21 Å². The molecule has 0 spiro atoms. The second-order valence-electron chi connectivity index (χ2n) is 6.23. The summed E-state index contributed by atoms with van der Waals surface area (Å²) in [5.41, 5.74) is 0.562. The van der Waals surface area contributed by atoms with Gasteiger partial charge in [0.25, 0.3) is 0 Å². The summed E-state index contributed by atoms with van der Waals surface area (Å²) in [7, 11) is -0.520. The van der Waals surface area contributed by atoms with Crippen molar-refractivity contribution in [3.8, 4) is 0 Å². The highest BCUT2D eigenvalue weighted by atomic mass is 32.2. The van der Waals surface area contributed by atoms with Crippen LogP contribution in [0.5, 0.6) is 0 Å². The van der Waals surface area contributed by atoms with Gasteiger partial charge in [0.1, 0.15) is 0 Å². The Kier molecular flexibility index (Phi) is 4.06. The minimum Gasteiger partial charge on any atom is -0.311 e. The van der Waals surface area contributed by atoms with Crippen LogP contribution in [-0.2, 0) is 10.8 Å². The number of hydrogen-bond acceptors (Lipinski definition) is 2. The maximum Gasteiger partial charge on any atom is 0.0249 e. The third-order valence-electron chi connectivity index (χ3n) is 4.20. The molecule has 0 aromatic rings. The van der Waals surface area contributed by atoms with Crippen molar-refractivity contribution in [1.29, 1.82) is 0 Å². The van der Waals surface area contributed by atoms with Crippen molar-refractivity contribution < 1.29 is 4.21 Å². The molecule has 1 saturated heterocycles. The zero-order valence-corrected chi connectivity index (χ0v) is 11.4. The monoisotopic (exact) mass is 243 g/mol. The Labute approximate surface area is 102 Å². The minimum absolute atomic E-state index is 0.520. The second-order valence-corrected chi connectivity index (χ2v) is 7.92. The van der Waals surface area contributed by atoms with Gasteiger partial charge in [-0.1, -0.05) is 13.8 Å². The number of nitrogens with one attached hydrogen (secondary N) is 1. The Morgan fingerprint density at radius 3 is 2.06 bits per heavy atom. The van der Waals surface area contributed by atoms with E-state index in [1.54, 1.807) is 0 Å². The lowest BCUT2D eigenvalue weighted by Gasteiger charge is -2.37. The van der Waals surface area contributed by atoms with E-state index in [0.29, 0.717) is 11.5 Å². The van der Waals surface area contributed by atoms with Gasteiger partial charge in [-0.25, -0.2) is 0 Å². The molecule has 1 heterocycles. The molecule has 94 valence electrons. The van der Waals surface area contributed by atoms with Gasteiger partial charge in [-0.3, -0.25) is 4.21 Å². The quantitative estimate of drug-likeness (QED) is 0.807. The standard InChI is InChI=1S/C13H25NOS/c1-13(2)7-3-11(4-8-13)14-12-5-9-16(15)10-6-12/h11-12,14H,3-10H2,1-2H3. The van der Waals surface area contributed by atoms with E-state index in [0.717, 1.165) is 30.4 Å². The zero-order chi connectivity index (χ0) is 11.6. The first kappa shape index (κ1) is 12.6. The fourth-order valence-electron chi connectivity index (χ4n) is 2.86. The van der Waals surface area contributed by atoms with Crippen LogP contribution < -0.4 is 5.32 Å². The number of rotatable bonds is 2. The lowest BCUT2D eigenvalue weighted by atomic mass is 9.75. The van der Waals surface area contributed by atoms with E-state index in [-0.39, 0.29) is 0 Å². The summed E-state index contributed by atoms with van der Waals surface area (Å²) in [5.74, 6) is 1.83. The van der Waals surface area contributed by atoms with Gasteiger partial charge in [0.15, 0.2) is 0 Å². The van der Waals surface area contributed by atoms with Crippen LogP contribution in [0.1, 0.15) is 52.4 Å². The molecule has 0 amide bonds. The minimum atomic E-state index is -0.520. The Balaban J connectivity index is 1.72. The van der Waals surface area contributed by atoms with Crippen LogP contribution >= 0.6 is 0 Å². The van der Waals surface area contributed by atoms with E-state index in [1.165, 1.54) is 25.7 Å². The van der Waals surface area contributed by atoms with Crippen LogP contribution in [0, 0.1) is 5.41 Å². The molecule has 3 heteroatoms. The topological polar surface area (TPSA) is 29.1 Å². The summed E-state index contributed by atoms with van der Waals surface area (Å²) in [6.45, 7) is 4.76. The van der Waals surface area contributed by atoms with Gasteiger partial charge in [-0.2, -0.15) is 0 Å². The van der Waals surface area contributed by atoms with E-state index < -0.39 is 10.8 Å². The highest BCUT2D eigenvalue weighted by Gasteiger charge is 2.28. The first-order valence-electron chi connectivity index (χ1n) is 6.66. The number of hydrogen-bond donors (Lipinski definition) is 1. The second kappa shape index (κ2) is 5.18. The summed E-state index contributed by atoms with van der Waals surface area (Å²) in [5, 5.41) is 3.78. The van der Waals surface area contributed by atoms with Crippen LogP contribution in [-0.4, -0.2) is 27.8 Å². The fraction of sp³-hybridized carbons (Fsp3) is 1.00. The van der Waals surface area contributed by atoms with Crippen LogP contribution in [0.25, 0.3) is 0 Å². The summed E-state index contributed by atoms with van der Waals surface area (Å²) in [6.07, 6.45) is 7.59. The average Bonchev–Trinajstić information content (AvgIpc) is 2.24. The van der Waals surface area contributed by atoms with Crippen molar-refractivity contribution >= 4 is 10.8 Å². The van der Waals surface area contributed by atoms with Crippen molar-refractivity contribution in [2.45, 2.75) is 64.5 Å². The molecule has 16 heavy (non-hydrogen) atoms. The van der Waals surface area contributed by atoms with Gasteiger partial charge in [-0.05, 0) is 43.9 Å². The zero-order valence-electron chi connectivity index (χ0n) is 10.6. The van der Waals surface area contributed by atoms with Crippen molar-refractivity contribution in [2.75, 3.05) is 11.5 Å². The molecular weight excluding hydrogens is 218 g/mol. The van der Waals surface area contributed by atoms with E-state index in [1.807, 2.05) is 0 Å². The Hall–Kier alpha value is 0.110. The molecule has 2 nitrogen and oxygen atoms in total. The molecule has 0 unspecified atom stereocenters. The van der Waals surface area contributed by atoms with Gasteiger partial charge < -0.3 is 5.32 Å². The van der Waals surface area contributed by atoms with Crippen molar-refractivity contribution in [1.82, 2.24) is 5.32 Å². The molecule has 0 radical (unpaired) electrons. The average molecular weight is 243 g/mol. The molecule has 1 saturated carbocycles. The normalized spacial score (nSPS) is 36.1. The molecule has 1 aliphatic heterocycles. The molecule has 1 N–H and O–H groups in total. The summed E-state index contributed by atoms with van der Waals surface area (Å²) in [4.78, 5) is 0. The fourth-order valence-corrected chi connectivity index (χ4v) is 4.16. The van der Waals surface area contributed by atoms with Crippen LogP contribution in [0.15, 0.2) is 0 Å². The highest BCUT2D eigenvalue weighted by Crippen LogP contribution is 2.35. The largest absolute Gasteiger partial charge is 0.311 e. The predicted octanol–water partition coefficient (Wildman–Crippen LogP) is 2.46. The lowest BCUT2D eigenvalue weighted by Crippen LogP contribution is -2.44. The Bertz CT molecular complexity index is 245. The maximum atomic E-state index is 11.3. The Morgan fingerprint density at radius 2 is 1.50 bits per heavy atom.